The Hall–Kier alpha value is -3.54. The molecule has 0 aliphatic heterocycles. The largest absolute Gasteiger partial charge is 0.368 e. The third-order valence-corrected chi connectivity index (χ3v) is 4.85. The van der Waals surface area contributed by atoms with Gasteiger partial charge in [-0.2, -0.15) is 0 Å². The predicted molar refractivity (Wildman–Crippen MR) is 111 cm³/mol. The van der Waals surface area contributed by atoms with Gasteiger partial charge in [-0.05, 0) is 36.6 Å². The fourth-order valence-corrected chi connectivity index (χ4v) is 3.59. The molecule has 4 nitrogen and oxygen atoms in total. The van der Waals surface area contributed by atoms with Crippen LogP contribution < -0.4 is 5.73 Å². The summed E-state index contributed by atoms with van der Waals surface area (Å²) in [6.45, 7) is -0.325. The molecule has 4 rings (SSSR count). The van der Waals surface area contributed by atoms with Crippen molar-refractivity contribution < 1.29 is 18.4 Å². The maximum atomic E-state index is 14.3. The van der Waals surface area contributed by atoms with Crippen LogP contribution in [0.15, 0.2) is 78.9 Å². The number of carbonyl (C=O) groups is 2. The van der Waals surface area contributed by atoms with Crippen molar-refractivity contribution in [2.45, 2.75) is 18.9 Å². The normalized spacial score (nSPS) is 14.3. The van der Waals surface area contributed by atoms with E-state index in [-0.39, 0.29) is 12.1 Å². The van der Waals surface area contributed by atoms with E-state index in [0.717, 1.165) is 6.07 Å². The van der Waals surface area contributed by atoms with E-state index >= 15 is 0 Å². The first-order valence-corrected chi connectivity index (χ1v) is 9.59. The minimum absolute atomic E-state index is 0.266. The molecule has 0 fully saturated rings. The van der Waals surface area contributed by atoms with Gasteiger partial charge < -0.3 is 10.6 Å². The van der Waals surface area contributed by atoms with E-state index < -0.39 is 29.5 Å². The summed E-state index contributed by atoms with van der Waals surface area (Å²) in [7, 11) is 0. The van der Waals surface area contributed by atoms with E-state index in [0.29, 0.717) is 24.0 Å². The Morgan fingerprint density at radius 2 is 1.50 bits per heavy atom. The number of halogens is 2. The van der Waals surface area contributed by atoms with Gasteiger partial charge in [-0.1, -0.05) is 54.6 Å². The zero-order valence-electron chi connectivity index (χ0n) is 16.3. The van der Waals surface area contributed by atoms with Crippen molar-refractivity contribution in [1.29, 1.82) is 0 Å². The minimum Gasteiger partial charge on any atom is -0.368 e. The van der Waals surface area contributed by atoms with Gasteiger partial charge in [0, 0.05) is 17.2 Å². The van der Waals surface area contributed by atoms with Crippen molar-refractivity contribution in [3.8, 4) is 0 Å². The SMILES string of the molecule is NC(=O)CN(C(=O)c1ccccc1)C1CCc2cc(F)cc(F)c21.c1ccccc1. The summed E-state index contributed by atoms with van der Waals surface area (Å²) in [5.74, 6) is -2.45. The number of aryl methyl sites for hydroxylation is 1. The molecule has 0 spiro atoms. The number of hydrogen-bond donors (Lipinski definition) is 1. The van der Waals surface area contributed by atoms with Crippen molar-refractivity contribution in [3.05, 3.63) is 107 Å². The Morgan fingerprint density at radius 1 is 0.933 bits per heavy atom. The van der Waals surface area contributed by atoms with Gasteiger partial charge in [-0.15, -0.1) is 0 Å². The number of nitrogens with zero attached hydrogens (tertiary/aromatic N) is 1. The summed E-state index contributed by atoms with van der Waals surface area (Å²) in [4.78, 5) is 25.5. The molecule has 1 aliphatic carbocycles. The molecule has 0 aromatic heterocycles. The summed E-state index contributed by atoms with van der Waals surface area (Å²) >= 11 is 0. The number of hydrogen-bond acceptors (Lipinski definition) is 2. The Labute approximate surface area is 173 Å². The molecule has 3 aromatic carbocycles. The molecule has 0 heterocycles. The zero-order valence-corrected chi connectivity index (χ0v) is 16.3. The molecule has 0 saturated carbocycles. The Kier molecular flexibility index (Phi) is 6.91. The van der Waals surface area contributed by atoms with Crippen LogP contribution in [0.3, 0.4) is 0 Å². The smallest absolute Gasteiger partial charge is 0.254 e. The van der Waals surface area contributed by atoms with Gasteiger partial charge in [-0.3, -0.25) is 9.59 Å². The fourth-order valence-electron chi connectivity index (χ4n) is 3.59. The average Bonchev–Trinajstić information content (AvgIpc) is 3.17. The lowest BCUT2D eigenvalue weighted by atomic mass is 10.0. The highest BCUT2D eigenvalue weighted by Gasteiger charge is 2.35. The van der Waals surface area contributed by atoms with Crippen LogP contribution in [0.4, 0.5) is 8.78 Å². The van der Waals surface area contributed by atoms with Crippen molar-refractivity contribution in [2.75, 3.05) is 6.54 Å². The average molecular weight is 408 g/mol. The van der Waals surface area contributed by atoms with Crippen LogP contribution in [-0.4, -0.2) is 23.3 Å². The van der Waals surface area contributed by atoms with Crippen molar-refractivity contribution >= 4 is 11.8 Å². The molecule has 154 valence electrons. The molecule has 1 unspecified atom stereocenters. The molecule has 2 amide bonds. The number of primary amides is 1. The van der Waals surface area contributed by atoms with Crippen molar-refractivity contribution in [1.82, 2.24) is 4.90 Å². The number of nitrogens with two attached hydrogens (primary N) is 1. The molecule has 30 heavy (non-hydrogen) atoms. The highest BCUT2D eigenvalue weighted by atomic mass is 19.1. The second-order valence-electron chi connectivity index (χ2n) is 6.93. The van der Waals surface area contributed by atoms with E-state index in [1.165, 1.54) is 11.0 Å². The maximum Gasteiger partial charge on any atom is 0.254 e. The quantitative estimate of drug-likeness (QED) is 0.701. The first-order chi connectivity index (χ1) is 14.5. The predicted octanol–water partition coefficient (Wildman–Crippen LogP) is 4.27. The second kappa shape index (κ2) is 9.78. The minimum atomic E-state index is -0.706. The van der Waals surface area contributed by atoms with Crippen LogP contribution in [-0.2, 0) is 11.2 Å². The Balaban J connectivity index is 0.000000367. The molecule has 0 bridgehead atoms. The number of benzene rings is 3. The number of fused-ring (bicyclic) bond motifs is 1. The van der Waals surface area contributed by atoms with Crippen molar-refractivity contribution in [2.24, 2.45) is 5.73 Å². The topological polar surface area (TPSA) is 63.4 Å². The van der Waals surface area contributed by atoms with E-state index in [1.807, 2.05) is 36.4 Å². The summed E-state index contributed by atoms with van der Waals surface area (Å²) < 4.78 is 27.7. The van der Waals surface area contributed by atoms with E-state index in [2.05, 4.69) is 0 Å². The van der Waals surface area contributed by atoms with Gasteiger partial charge in [0.25, 0.3) is 5.91 Å². The Bertz CT molecular complexity index is 984. The highest BCUT2D eigenvalue weighted by molar-refractivity contribution is 5.96. The molecule has 1 atom stereocenters. The second-order valence-corrected chi connectivity index (χ2v) is 6.93. The zero-order chi connectivity index (χ0) is 21.5. The molecular weight excluding hydrogens is 386 g/mol. The molecule has 0 radical (unpaired) electrons. The standard InChI is InChI=1S/C18H16F2N2O2.C6H6/c19-13-8-12-6-7-15(17(12)14(20)9-13)22(10-16(21)23)18(24)11-4-2-1-3-5-11;1-2-4-6-5-3-1/h1-5,8-9,15H,6-7,10H2,(H2,21,23);1-6H. The molecule has 3 aromatic rings. The van der Waals surface area contributed by atoms with Crippen LogP contribution in [0.2, 0.25) is 0 Å². The number of rotatable bonds is 4. The van der Waals surface area contributed by atoms with Crippen LogP contribution >= 0.6 is 0 Å². The highest BCUT2D eigenvalue weighted by Crippen LogP contribution is 2.38. The van der Waals surface area contributed by atoms with E-state index in [9.17, 15) is 18.4 Å². The molecule has 2 N–H and O–H groups in total. The van der Waals surface area contributed by atoms with Gasteiger partial charge in [0.05, 0.1) is 6.04 Å². The summed E-state index contributed by atoms with van der Waals surface area (Å²) in [6, 6.07) is 21.8. The summed E-state index contributed by atoms with van der Waals surface area (Å²) in [6.07, 6.45) is 0.855. The van der Waals surface area contributed by atoms with Crippen molar-refractivity contribution in [3.63, 3.8) is 0 Å². The van der Waals surface area contributed by atoms with E-state index in [1.54, 1.807) is 30.3 Å². The van der Waals surface area contributed by atoms with Crippen LogP contribution in [0.25, 0.3) is 0 Å². The van der Waals surface area contributed by atoms with Gasteiger partial charge in [0.2, 0.25) is 5.91 Å². The summed E-state index contributed by atoms with van der Waals surface area (Å²) in [5, 5.41) is 0. The number of carbonyl (C=O) groups excluding carboxylic acids is 2. The lowest BCUT2D eigenvalue weighted by Gasteiger charge is -2.29. The van der Waals surface area contributed by atoms with Gasteiger partial charge in [0.1, 0.15) is 18.2 Å². The van der Waals surface area contributed by atoms with Crippen LogP contribution in [0.5, 0.6) is 0 Å². The first kappa shape index (κ1) is 21.2. The fraction of sp³-hybridized carbons (Fsp3) is 0.167. The Morgan fingerprint density at radius 3 is 2.07 bits per heavy atom. The van der Waals surface area contributed by atoms with Crippen LogP contribution in [0, 0.1) is 11.6 Å². The van der Waals surface area contributed by atoms with Gasteiger partial charge in [-0.25, -0.2) is 8.78 Å². The lowest BCUT2D eigenvalue weighted by Crippen LogP contribution is -2.40. The monoisotopic (exact) mass is 408 g/mol. The molecule has 1 aliphatic rings. The lowest BCUT2D eigenvalue weighted by molar-refractivity contribution is -0.119. The summed E-state index contributed by atoms with van der Waals surface area (Å²) in [5.41, 5.74) is 6.44. The molecular formula is C24H22F2N2O2. The van der Waals surface area contributed by atoms with Gasteiger partial charge >= 0.3 is 0 Å². The van der Waals surface area contributed by atoms with Crippen LogP contribution in [0.1, 0.15) is 33.9 Å². The molecule has 0 saturated heterocycles. The third-order valence-electron chi connectivity index (χ3n) is 4.85. The molecule has 6 heteroatoms. The maximum absolute atomic E-state index is 14.3. The van der Waals surface area contributed by atoms with E-state index in [4.69, 9.17) is 5.73 Å². The first-order valence-electron chi connectivity index (χ1n) is 9.59. The number of amides is 2. The third kappa shape index (κ3) is 5.08. The van der Waals surface area contributed by atoms with Gasteiger partial charge in [0.15, 0.2) is 0 Å².